The molecule has 1 atom stereocenters. The third-order valence-corrected chi connectivity index (χ3v) is 4.90. The lowest BCUT2D eigenvalue weighted by atomic mass is 10.0. The van der Waals surface area contributed by atoms with Gasteiger partial charge in [-0.25, -0.2) is 4.39 Å². The van der Waals surface area contributed by atoms with Crippen LogP contribution in [0.4, 0.5) is 17.6 Å². The van der Waals surface area contributed by atoms with Crippen LogP contribution in [0, 0.1) is 11.7 Å². The Bertz CT molecular complexity index is 939. The number of hydrogen-bond acceptors (Lipinski definition) is 3. The van der Waals surface area contributed by atoms with E-state index in [-0.39, 0.29) is 37.2 Å². The molecule has 0 saturated heterocycles. The summed E-state index contributed by atoms with van der Waals surface area (Å²) >= 11 is 0. The standard InChI is InChI=1S/C23H24F4N2O2/c1-15(2)10-22(30)29(13-16-4-3-5-18(11-16)23(25,26)27)14-20-12-21(28-31-20)17-6-8-19(24)9-7-17/h3-9,11,15,20H,10,12-14H2,1-2H3. The van der Waals surface area contributed by atoms with Crippen molar-refractivity contribution in [2.45, 2.75) is 45.5 Å². The van der Waals surface area contributed by atoms with Gasteiger partial charge in [0, 0.05) is 19.4 Å². The van der Waals surface area contributed by atoms with E-state index >= 15 is 0 Å². The van der Waals surface area contributed by atoms with Crippen molar-refractivity contribution in [2.75, 3.05) is 6.54 Å². The lowest BCUT2D eigenvalue weighted by molar-refractivity contribution is -0.137. The first-order chi connectivity index (χ1) is 14.6. The van der Waals surface area contributed by atoms with Crippen molar-refractivity contribution in [1.82, 2.24) is 4.90 Å². The van der Waals surface area contributed by atoms with Crippen LogP contribution in [0.2, 0.25) is 0 Å². The van der Waals surface area contributed by atoms with Gasteiger partial charge >= 0.3 is 6.18 Å². The van der Waals surface area contributed by atoms with Crippen LogP contribution in [0.25, 0.3) is 0 Å². The normalized spacial score (nSPS) is 16.2. The molecule has 0 radical (unpaired) electrons. The van der Waals surface area contributed by atoms with Crippen LogP contribution in [0.5, 0.6) is 0 Å². The zero-order chi connectivity index (χ0) is 22.6. The van der Waals surface area contributed by atoms with Crippen molar-refractivity contribution >= 4 is 11.6 Å². The summed E-state index contributed by atoms with van der Waals surface area (Å²) in [5, 5.41) is 4.05. The molecule has 1 amide bonds. The van der Waals surface area contributed by atoms with E-state index in [1.165, 1.54) is 23.1 Å². The van der Waals surface area contributed by atoms with Gasteiger partial charge in [-0.15, -0.1) is 0 Å². The fraction of sp³-hybridized carbons (Fsp3) is 0.391. The number of oxime groups is 1. The molecule has 1 aliphatic heterocycles. The molecule has 1 heterocycles. The van der Waals surface area contributed by atoms with Crippen LogP contribution >= 0.6 is 0 Å². The van der Waals surface area contributed by atoms with Gasteiger partial charge in [-0.05, 0) is 41.3 Å². The number of nitrogens with zero attached hydrogens (tertiary/aromatic N) is 2. The van der Waals surface area contributed by atoms with Crippen molar-refractivity contribution < 1.29 is 27.2 Å². The summed E-state index contributed by atoms with van der Waals surface area (Å²) < 4.78 is 52.3. The van der Waals surface area contributed by atoms with Crippen LogP contribution in [0.1, 0.15) is 43.4 Å². The first kappa shape index (κ1) is 22.8. The molecule has 0 saturated carbocycles. The molecule has 166 valence electrons. The van der Waals surface area contributed by atoms with E-state index in [9.17, 15) is 22.4 Å². The summed E-state index contributed by atoms with van der Waals surface area (Å²) in [5.74, 6) is -0.412. The predicted octanol–water partition coefficient (Wildman–Crippen LogP) is 5.41. The quantitative estimate of drug-likeness (QED) is 0.545. The topological polar surface area (TPSA) is 41.9 Å². The number of rotatable bonds is 7. The average molecular weight is 436 g/mol. The van der Waals surface area contributed by atoms with Gasteiger partial charge in [0.15, 0.2) is 6.10 Å². The molecule has 0 bridgehead atoms. The molecular formula is C23H24F4N2O2. The maximum Gasteiger partial charge on any atom is 0.416 e. The fourth-order valence-electron chi connectivity index (χ4n) is 3.38. The second kappa shape index (κ2) is 9.49. The highest BCUT2D eigenvalue weighted by Gasteiger charge is 2.31. The molecule has 1 unspecified atom stereocenters. The lowest BCUT2D eigenvalue weighted by Gasteiger charge is -2.26. The Labute approximate surface area is 178 Å². The van der Waals surface area contributed by atoms with Crippen molar-refractivity contribution in [3.8, 4) is 0 Å². The Morgan fingerprint density at radius 3 is 2.55 bits per heavy atom. The molecular weight excluding hydrogens is 412 g/mol. The van der Waals surface area contributed by atoms with Gasteiger partial charge in [-0.1, -0.05) is 43.3 Å². The van der Waals surface area contributed by atoms with Crippen LogP contribution in [0.15, 0.2) is 53.7 Å². The molecule has 4 nitrogen and oxygen atoms in total. The van der Waals surface area contributed by atoms with Gasteiger partial charge in [0.05, 0.1) is 17.8 Å². The van der Waals surface area contributed by atoms with E-state index < -0.39 is 17.8 Å². The first-order valence-electron chi connectivity index (χ1n) is 10.0. The second-order valence-corrected chi connectivity index (χ2v) is 8.05. The molecule has 2 aromatic carbocycles. The maximum absolute atomic E-state index is 13.1. The van der Waals surface area contributed by atoms with Crippen molar-refractivity contribution in [3.63, 3.8) is 0 Å². The molecule has 0 aromatic heterocycles. The summed E-state index contributed by atoms with van der Waals surface area (Å²) in [6.07, 6.45) is -4.19. The van der Waals surface area contributed by atoms with Gasteiger partial charge in [-0.2, -0.15) is 13.2 Å². The number of benzene rings is 2. The fourth-order valence-corrected chi connectivity index (χ4v) is 3.38. The molecule has 0 aliphatic carbocycles. The predicted molar refractivity (Wildman–Crippen MR) is 109 cm³/mol. The SMILES string of the molecule is CC(C)CC(=O)N(Cc1cccc(C(F)(F)F)c1)CC1CC(c2ccc(F)cc2)=NO1. The minimum atomic E-state index is -4.45. The molecule has 2 aromatic rings. The highest BCUT2D eigenvalue weighted by atomic mass is 19.4. The van der Waals surface area contributed by atoms with Gasteiger partial charge in [0.25, 0.3) is 0 Å². The summed E-state index contributed by atoms with van der Waals surface area (Å²) in [4.78, 5) is 19.8. The molecule has 0 fully saturated rings. The van der Waals surface area contributed by atoms with Gasteiger partial charge in [0.1, 0.15) is 5.82 Å². The Hall–Kier alpha value is -2.90. The Morgan fingerprint density at radius 1 is 1.19 bits per heavy atom. The molecule has 8 heteroatoms. The smallest absolute Gasteiger partial charge is 0.390 e. The Kier molecular flexibility index (Phi) is 6.97. The van der Waals surface area contributed by atoms with Crippen LogP contribution < -0.4 is 0 Å². The van der Waals surface area contributed by atoms with Gasteiger partial charge in [-0.3, -0.25) is 4.79 Å². The summed E-state index contributed by atoms with van der Waals surface area (Å²) in [6.45, 7) is 4.04. The number of hydrogen-bond donors (Lipinski definition) is 0. The van der Waals surface area contributed by atoms with Crippen molar-refractivity contribution in [3.05, 3.63) is 71.0 Å². The number of carbonyl (C=O) groups is 1. The number of alkyl halides is 3. The first-order valence-corrected chi connectivity index (χ1v) is 10.0. The summed E-state index contributed by atoms with van der Waals surface area (Å²) in [7, 11) is 0. The Balaban J connectivity index is 1.71. The van der Waals surface area contributed by atoms with Crippen LogP contribution in [0.3, 0.4) is 0 Å². The third kappa shape index (κ3) is 6.29. The van der Waals surface area contributed by atoms with Gasteiger partial charge < -0.3 is 9.74 Å². The monoisotopic (exact) mass is 436 g/mol. The zero-order valence-corrected chi connectivity index (χ0v) is 17.3. The van der Waals surface area contributed by atoms with Gasteiger partial charge in [0.2, 0.25) is 5.91 Å². The number of halogens is 4. The van der Waals surface area contributed by atoms with E-state index in [0.29, 0.717) is 17.7 Å². The van der Waals surface area contributed by atoms with Crippen molar-refractivity contribution in [2.24, 2.45) is 11.1 Å². The van der Waals surface area contributed by atoms with E-state index in [0.717, 1.165) is 17.7 Å². The molecule has 3 rings (SSSR count). The number of carbonyl (C=O) groups excluding carboxylic acids is 1. The van der Waals surface area contributed by atoms with Crippen LogP contribution in [-0.4, -0.2) is 29.2 Å². The minimum Gasteiger partial charge on any atom is -0.390 e. The van der Waals surface area contributed by atoms with Crippen LogP contribution in [-0.2, 0) is 22.4 Å². The van der Waals surface area contributed by atoms with E-state index in [4.69, 9.17) is 4.84 Å². The van der Waals surface area contributed by atoms with Crippen molar-refractivity contribution in [1.29, 1.82) is 0 Å². The van der Waals surface area contributed by atoms with E-state index in [1.807, 2.05) is 13.8 Å². The van der Waals surface area contributed by atoms with E-state index in [1.54, 1.807) is 18.2 Å². The van der Waals surface area contributed by atoms with E-state index in [2.05, 4.69) is 5.16 Å². The minimum absolute atomic E-state index is 0.0429. The molecule has 0 N–H and O–H groups in total. The third-order valence-electron chi connectivity index (χ3n) is 4.90. The second-order valence-electron chi connectivity index (χ2n) is 8.05. The molecule has 1 aliphatic rings. The highest BCUT2D eigenvalue weighted by molar-refractivity contribution is 6.01. The molecule has 0 spiro atoms. The lowest BCUT2D eigenvalue weighted by Crippen LogP contribution is -2.37. The maximum atomic E-state index is 13.1. The number of amides is 1. The zero-order valence-electron chi connectivity index (χ0n) is 17.3. The summed E-state index contributed by atoms with van der Waals surface area (Å²) in [6, 6.07) is 10.8. The summed E-state index contributed by atoms with van der Waals surface area (Å²) in [5.41, 5.74) is 1.01. The average Bonchev–Trinajstić information content (AvgIpc) is 3.15. The Morgan fingerprint density at radius 2 is 1.90 bits per heavy atom. The molecule has 31 heavy (non-hydrogen) atoms. The largest absolute Gasteiger partial charge is 0.416 e. The highest BCUT2D eigenvalue weighted by Crippen LogP contribution is 2.30.